The van der Waals surface area contributed by atoms with Crippen LogP contribution in [0.4, 0.5) is 0 Å². The minimum atomic E-state index is -3.83. The standard InChI is InChI=1S/C12H19N3O4S/c1-9(2)6-14-7-11(13-8-14)20(18,19)15-5-3-4-10(15)12(16)17/h7-10H,3-6H2,1-2H3,(H,16,17). The summed E-state index contributed by atoms with van der Waals surface area (Å²) in [6.45, 7) is 4.95. The summed E-state index contributed by atoms with van der Waals surface area (Å²) in [6.07, 6.45) is 3.84. The summed E-state index contributed by atoms with van der Waals surface area (Å²) >= 11 is 0. The molecular weight excluding hydrogens is 282 g/mol. The van der Waals surface area contributed by atoms with Crippen molar-refractivity contribution in [1.82, 2.24) is 13.9 Å². The maximum Gasteiger partial charge on any atom is 0.322 e. The summed E-state index contributed by atoms with van der Waals surface area (Å²) in [6, 6.07) is -0.977. The fraction of sp³-hybridized carbons (Fsp3) is 0.667. The van der Waals surface area contributed by atoms with Crippen molar-refractivity contribution in [2.45, 2.75) is 44.3 Å². The number of aromatic nitrogens is 2. The van der Waals surface area contributed by atoms with Gasteiger partial charge in [-0.3, -0.25) is 4.79 Å². The monoisotopic (exact) mass is 301 g/mol. The fourth-order valence-electron chi connectivity index (χ4n) is 2.39. The van der Waals surface area contributed by atoms with Crippen molar-refractivity contribution in [3.63, 3.8) is 0 Å². The summed E-state index contributed by atoms with van der Waals surface area (Å²) in [5.41, 5.74) is 0. The van der Waals surface area contributed by atoms with Crippen LogP contribution in [0.1, 0.15) is 26.7 Å². The van der Waals surface area contributed by atoms with Gasteiger partial charge in [-0.2, -0.15) is 4.31 Å². The molecule has 8 heteroatoms. The van der Waals surface area contributed by atoms with E-state index >= 15 is 0 Å². The molecule has 1 fully saturated rings. The van der Waals surface area contributed by atoms with Gasteiger partial charge in [0.1, 0.15) is 6.04 Å². The molecule has 112 valence electrons. The molecule has 0 amide bonds. The second kappa shape index (κ2) is 5.53. The molecule has 1 N–H and O–H groups in total. The van der Waals surface area contributed by atoms with E-state index < -0.39 is 22.0 Å². The van der Waals surface area contributed by atoms with Crippen molar-refractivity contribution in [2.24, 2.45) is 5.92 Å². The zero-order chi connectivity index (χ0) is 14.9. The number of imidazole rings is 1. The van der Waals surface area contributed by atoms with Crippen LogP contribution in [-0.4, -0.2) is 45.9 Å². The molecular formula is C12H19N3O4S. The van der Waals surface area contributed by atoms with Crippen LogP contribution in [0.15, 0.2) is 17.6 Å². The zero-order valence-corrected chi connectivity index (χ0v) is 12.4. The molecule has 2 rings (SSSR count). The molecule has 1 unspecified atom stereocenters. The van der Waals surface area contributed by atoms with Gasteiger partial charge in [0.15, 0.2) is 5.03 Å². The quantitative estimate of drug-likeness (QED) is 0.867. The molecule has 0 bridgehead atoms. The molecule has 0 radical (unpaired) electrons. The van der Waals surface area contributed by atoms with Gasteiger partial charge >= 0.3 is 5.97 Å². The van der Waals surface area contributed by atoms with Crippen molar-refractivity contribution in [3.05, 3.63) is 12.5 Å². The highest BCUT2D eigenvalue weighted by molar-refractivity contribution is 7.89. The molecule has 1 aromatic heterocycles. The summed E-state index contributed by atoms with van der Waals surface area (Å²) < 4.78 is 27.6. The van der Waals surface area contributed by atoms with Gasteiger partial charge in [0.05, 0.1) is 6.33 Å². The minimum Gasteiger partial charge on any atom is -0.480 e. The van der Waals surface area contributed by atoms with Gasteiger partial charge < -0.3 is 9.67 Å². The largest absolute Gasteiger partial charge is 0.480 e. The summed E-state index contributed by atoms with van der Waals surface area (Å²) in [5, 5.41) is 9.01. The lowest BCUT2D eigenvalue weighted by molar-refractivity contribution is -0.140. The van der Waals surface area contributed by atoms with E-state index in [1.165, 1.54) is 12.5 Å². The van der Waals surface area contributed by atoms with Crippen LogP contribution in [-0.2, 0) is 21.4 Å². The Hall–Kier alpha value is -1.41. The number of nitrogens with zero attached hydrogens (tertiary/aromatic N) is 3. The fourth-order valence-corrected chi connectivity index (χ4v) is 3.98. The Morgan fingerprint density at radius 1 is 1.55 bits per heavy atom. The van der Waals surface area contributed by atoms with Crippen LogP contribution in [0.3, 0.4) is 0 Å². The van der Waals surface area contributed by atoms with Crippen molar-refractivity contribution in [1.29, 1.82) is 0 Å². The van der Waals surface area contributed by atoms with Crippen LogP contribution in [0.25, 0.3) is 0 Å². The average Bonchev–Trinajstić information content (AvgIpc) is 2.95. The topological polar surface area (TPSA) is 92.5 Å². The predicted octanol–water partition coefficient (Wildman–Crippen LogP) is 0.777. The third-order valence-corrected chi connectivity index (χ3v) is 5.04. The molecule has 0 spiro atoms. The molecule has 1 aliphatic rings. The van der Waals surface area contributed by atoms with Gasteiger partial charge in [-0.05, 0) is 18.8 Å². The molecule has 1 aliphatic heterocycles. The van der Waals surface area contributed by atoms with E-state index in [4.69, 9.17) is 5.11 Å². The normalized spacial score (nSPS) is 20.6. The van der Waals surface area contributed by atoms with Crippen LogP contribution >= 0.6 is 0 Å². The molecule has 1 aromatic rings. The van der Waals surface area contributed by atoms with Gasteiger partial charge in [-0.15, -0.1) is 0 Å². The predicted molar refractivity (Wildman–Crippen MR) is 71.6 cm³/mol. The average molecular weight is 301 g/mol. The van der Waals surface area contributed by atoms with Gasteiger partial charge in [-0.1, -0.05) is 13.8 Å². The Morgan fingerprint density at radius 2 is 2.25 bits per heavy atom. The minimum absolute atomic E-state index is 0.0775. The highest BCUT2D eigenvalue weighted by atomic mass is 32.2. The Kier molecular flexibility index (Phi) is 4.14. The number of sulfonamides is 1. The van der Waals surface area contributed by atoms with Crippen LogP contribution in [0, 0.1) is 5.92 Å². The Morgan fingerprint density at radius 3 is 2.85 bits per heavy atom. The third-order valence-electron chi connectivity index (χ3n) is 3.25. The molecule has 7 nitrogen and oxygen atoms in total. The summed E-state index contributed by atoms with van der Waals surface area (Å²) in [4.78, 5) is 15.0. The lowest BCUT2D eigenvalue weighted by atomic mass is 10.2. The van der Waals surface area contributed by atoms with Gasteiger partial charge in [0.2, 0.25) is 0 Å². The van der Waals surface area contributed by atoms with E-state index in [2.05, 4.69) is 4.98 Å². The Labute approximate surface area is 118 Å². The Balaban J connectivity index is 2.26. The molecule has 20 heavy (non-hydrogen) atoms. The smallest absolute Gasteiger partial charge is 0.322 e. The first kappa shape index (κ1) is 15.0. The third kappa shape index (κ3) is 2.85. The van der Waals surface area contributed by atoms with Crippen LogP contribution in [0.5, 0.6) is 0 Å². The van der Waals surface area contributed by atoms with E-state index in [0.717, 1.165) is 4.31 Å². The zero-order valence-electron chi connectivity index (χ0n) is 11.6. The Bertz CT molecular complexity index is 594. The molecule has 0 saturated carbocycles. The van der Waals surface area contributed by atoms with Gasteiger partial charge in [0.25, 0.3) is 10.0 Å². The first-order valence-corrected chi connectivity index (χ1v) is 8.03. The lowest BCUT2D eigenvalue weighted by Crippen LogP contribution is -2.40. The highest BCUT2D eigenvalue weighted by Gasteiger charge is 2.40. The van der Waals surface area contributed by atoms with Crippen molar-refractivity contribution in [2.75, 3.05) is 6.54 Å². The second-order valence-electron chi connectivity index (χ2n) is 5.41. The maximum atomic E-state index is 12.4. The summed E-state index contributed by atoms with van der Waals surface area (Å²) in [7, 11) is -3.83. The van der Waals surface area contributed by atoms with Gasteiger partial charge in [-0.25, -0.2) is 13.4 Å². The maximum absolute atomic E-state index is 12.4. The van der Waals surface area contributed by atoms with Crippen LogP contribution < -0.4 is 0 Å². The lowest BCUT2D eigenvalue weighted by Gasteiger charge is -2.19. The molecule has 0 aromatic carbocycles. The van der Waals surface area contributed by atoms with Gasteiger partial charge in [0, 0.05) is 19.3 Å². The first-order valence-electron chi connectivity index (χ1n) is 6.59. The van der Waals surface area contributed by atoms with E-state index in [0.29, 0.717) is 25.3 Å². The number of rotatable bonds is 5. The van der Waals surface area contributed by atoms with Crippen molar-refractivity contribution < 1.29 is 18.3 Å². The van der Waals surface area contributed by atoms with E-state index in [1.54, 1.807) is 4.57 Å². The summed E-state index contributed by atoms with van der Waals surface area (Å²) in [5.74, 6) is -0.731. The van der Waals surface area contributed by atoms with Crippen molar-refractivity contribution >= 4 is 16.0 Å². The molecule has 1 atom stereocenters. The number of carboxylic acids is 1. The van der Waals surface area contributed by atoms with E-state index in [-0.39, 0.29) is 11.6 Å². The van der Waals surface area contributed by atoms with E-state index in [9.17, 15) is 13.2 Å². The van der Waals surface area contributed by atoms with Crippen molar-refractivity contribution in [3.8, 4) is 0 Å². The number of hydrogen-bond acceptors (Lipinski definition) is 4. The number of aliphatic carboxylic acids is 1. The highest BCUT2D eigenvalue weighted by Crippen LogP contribution is 2.25. The molecule has 0 aliphatic carbocycles. The van der Waals surface area contributed by atoms with Crippen LogP contribution in [0.2, 0.25) is 0 Å². The number of carboxylic acid groups (broad SMARTS) is 1. The number of carbonyl (C=O) groups is 1. The van der Waals surface area contributed by atoms with E-state index in [1.807, 2.05) is 13.8 Å². The molecule has 2 heterocycles. The first-order chi connectivity index (χ1) is 9.32. The number of hydrogen-bond donors (Lipinski definition) is 1. The molecule has 1 saturated heterocycles. The SMILES string of the molecule is CC(C)Cn1cnc(S(=O)(=O)N2CCCC2C(=O)O)c1. The second-order valence-corrected chi connectivity index (χ2v) is 7.25.